The summed E-state index contributed by atoms with van der Waals surface area (Å²) in [6.45, 7) is 2.15. The standard InChI is InChI=1S/C15H20F3NO2/c1-2-21-14(7-4-3-5-8-14)13(20)11-10-19-9-6-12(11)15(16,17)18/h6,9-10,13,20H,2-5,7-8H2,1H3. The van der Waals surface area contributed by atoms with Gasteiger partial charge in [0.25, 0.3) is 0 Å². The second-order valence-corrected chi connectivity index (χ2v) is 5.42. The first-order chi connectivity index (χ1) is 9.91. The van der Waals surface area contributed by atoms with Gasteiger partial charge in [0.05, 0.1) is 11.2 Å². The van der Waals surface area contributed by atoms with Crippen LogP contribution in [0.15, 0.2) is 18.5 Å². The van der Waals surface area contributed by atoms with E-state index in [4.69, 9.17) is 4.74 Å². The molecular weight excluding hydrogens is 283 g/mol. The molecule has 1 heterocycles. The zero-order chi connectivity index (χ0) is 15.5. The van der Waals surface area contributed by atoms with Crippen molar-refractivity contribution in [1.29, 1.82) is 0 Å². The number of nitrogens with zero attached hydrogens (tertiary/aromatic N) is 1. The summed E-state index contributed by atoms with van der Waals surface area (Å²) in [6.07, 6.45) is 0.195. The lowest BCUT2D eigenvalue weighted by molar-refractivity contribution is -0.154. The van der Waals surface area contributed by atoms with Crippen LogP contribution in [0.25, 0.3) is 0 Å². The van der Waals surface area contributed by atoms with E-state index in [1.54, 1.807) is 6.92 Å². The zero-order valence-corrected chi connectivity index (χ0v) is 12.0. The molecule has 1 N–H and O–H groups in total. The van der Waals surface area contributed by atoms with Crippen molar-refractivity contribution in [1.82, 2.24) is 4.98 Å². The number of aliphatic hydroxyl groups excluding tert-OH is 1. The third kappa shape index (κ3) is 3.37. The fraction of sp³-hybridized carbons (Fsp3) is 0.667. The number of aliphatic hydroxyl groups is 1. The highest BCUT2D eigenvalue weighted by atomic mass is 19.4. The largest absolute Gasteiger partial charge is 0.416 e. The second-order valence-electron chi connectivity index (χ2n) is 5.42. The summed E-state index contributed by atoms with van der Waals surface area (Å²) in [5.74, 6) is 0. The molecular formula is C15H20F3NO2. The quantitative estimate of drug-likeness (QED) is 0.918. The van der Waals surface area contributed by atoms with E-state index < -0.39 is 23.4 Å². The van der Waals surface area contributed by atoms with Crippen molar-refractivity contribution in [3.8, 4) is 0 Å². The number of pyridine rings is 1. The molecule has 1 unspecified atom stereocenters. The minimum atomic E-state index is -4.51. The van der Waals surface area contributed by atoms with E-state index in [1.165, 1.54) is 0 Å². The number of aromatic nitrogens is 1. The third-order valence-electron chi connectivity index (χ3n) is 4.08. The van der Waals surface area contributed by atoms with Crippen LogP contribution in [0.5, 0.6) is 0 Å². The third-order valence-corrected chi connectivity index (χ3v) is 4.08. The Morgan fingerprint density at radius 2 is 2.00 bits per heavy atom. The van der Waals surface area contributed by atoms with E-state index in [0.29, 0.717) is 19.4 Å². The summed E-state index contributed by atoms with van der Waals surface area (Å²) in [7, 11) is 0. The monoisotopic (exact) mass is 303 g/mol. The van der Waals surface area contributed by atoms with E-state index >= 15 is 0 Å². The van der Waals surface area contributed by atoms with Crippen LogP contribution in [-0.2, 0) is 10.9 Å². The molecule has 6 heteroatoms. The molecule has 1 aliphatic carbocycles. The number of hydrogen-bond donors (Lipinski definition) is 1. The van der Waals surface area contributed by atoms with Gasteiger partial charge in [-0.15, -0.1) is 0 Å². The molecule has 3 nitrogen and oxygen atoms in total. The van der Waals surface area contributed by atoms with Gasteiger partial charge in [-0.1, -0.05) is 19.3 Å². The molecule has 1 aromatic heterocycles. The fourth-order valence-corrected chi connectivity index (χ4v) is 3.10. The van der Waals surface area contributed by atoms with Crippen LogP contribution < -0.4 is 0 Å². The van der Waals surface area contributed by atoms with Gasteiger partial charge in [-0.25, -0.2) is 0 Å². The van der Waals surface area contributed by atoms with Gasteiger partial charge >= 0.3 is 6.18 Å². The maximum atomic E-state index is 13.1. The molecule has 1 atom stereocenters. The van der Waals surface area contributed by atoms with Crippen LogP contribution in [0, 0.1) is 0 Å². The average Bonchev–Trinajstić information content (AvgIpc) is 2.47. The Balaban J connectivity index is 2.39. The first-order valence-electron chi connectivity index (χ1n) is 7.24. The predicted molar refractivity (Wildman–Crippen MR) is 71.6 cm³/mol. The Morgan fingerprint density at radius 3 is 2.57 bits per heavy atom. The van der Waals surface area contributed by atoms with E-state index in [0.717, 1.165) is 37.7 Å². The Labute approximate surface area is 122 Å². The van der Waals surface area contributed by atoms with Crippen molar-refractivity contribution < 1.29 is 23.0 Å². The van der Waals surface area contributed by atoms with Gasteiger partial charge in [0.1, 0.15) is 6.10 Å². The first-order valence-corrected chi connectivity index (χ1v) is 7.24. The number of alkyl halides is 3. The summed E-state index contributed by atoms with van der Waals surface area (Å²) in [5, 5.41) is 10.6. The molecule has 0 amide bonds. The van der Waals surface area contributed by atoms with E-state index in [-0.39, 0.29) is 5.56 Å². The number of rotatable bonds is 4. The fourth-order valence-electron chi connectivity index (χ4n) is 3.10. The number of ether oxygens (including phenoxy) is 1. The van der Waals surface area contributed by atoms with Crippen molar-refractivity contribution in [3.05, 3.63) is 29.6 Å². The highest BCUT2D eigenvalue weighted by Gasteiger charge is 2.44. The Kier molecular flexibility index (Phi) is 4.88. The summed E-state index contributed by atoms with van der Waals surface area (Å²) >= 11 is 0. The van der Waals surface area contributed by atoms with Gasteiger partial charge in [0.15, 0.2) is 0 Å². The molecule has 2 rings (SSSR count). The highest BCUT2D eigenvalue weighted by molar-refractivity contribution is 5.30. The van der Waals surface area contributed by atoms with Gasteiger partial charge in [-0.3, -0.25) is 4.98 Å². The molecule has 21 heavy (non-hydrogen) atoms. The Morgan fingerprint density at radius 1 is 1.33 bits per heavy atom. The van der Waals surface area contributed by atoms with Crippen LogP contribution in [0.4, 0.5) is 13.2 Å². The molecule has 0 saturated heterocycles. The van der Waals surface area contributed by atoms with Gasteiger partial charge in [-0.05, 0) is 25.8 Å². The smallest absolute Gasteiger partial charge is 0.385 e. The molecule has 118 valence electrons. The topological polar surface area (TPSA) is 42.4 Å². The van der Waals surface area contributed by atoms with Crippen LogP contribution in [-0.4, -0.2) is 22.3 Å². The van der Waals surface area contributed by atoms with Crippen LogP contribution in [0.3, 0.4) is 0 Å². The second kappa shape index (κ2) is 6.32. The SMILES string of the molecule is CCOC1(C(O)c2cnccc2C(F)(F)F)CCCCC1. The minimum Gasteiger partial charge on any atom is -0.385 e. The average molecular weight is 303 g/mol. The number of halogens is 3. The lowest BCUT2D eigenvalue weighted by Gasteiger charge is -2.41. The van der Waals surface area contributed by atoms with Gasteiger partial charge in [0.2, 0.25) is 0 Å². The Hall–Kier alpha value is -1.14. The molecule has 1 aromatic rings. The molecule has 0 bridgehead atoms. The summed E-state index contributed by atoms with van der Waals surface area (Å²) in [4.78, 5) is 3.75. The zero-order valence-electron chi connectivity index (χ0n) is 12.0. The maximum Gasteiger partial charge on any atom is 0.416 e. The van der Waals surface area contributed by atoms with Crippen LogP contribution in [0.1, 0.15) is 56.3 Å². The first kappa shape index (κ1) is 16.2. The van der Waals surface area contributed by atoms with Crippen molar-refractivity contribution in [2.24, 2.45) is 0 Å². The van der Waals surface area contributed by atoms with E-state index in [1.807, 2.05) is 0 Å². The van der Waals surface area contributed by atoms with E-state index in [2.05, 4.69) is 4.98 Å². The van der Waals surface area contributed by atoms with Crippen molar-refractivity contribution in [2.75, 3.05) is 6.61 Å². The molecule has 0 aromatic carbocycles. The van der Waals surface area contributed by atoms with Gasteiger partial charge in [0, 0.05) is 24.6 Å². The van der Waals surface area contributed by atoms with Crippen molar-refractivity contribution >= 4 is 0 Å². The summed E-state index contributed by atoms with van der Waals surface area (Å²) in [6, 6.07) is 0.904. The minimum absolute atomic E-state index is 0.194. The normalized spacial score (nSPS) is 20.2. The van der Waals surface area contributed by atoms with Crippen molar-refractivity contribution in [3.63, 3.8) is 0 Å². The summed E-state index contributed by atoms with van der Waals surface area (Å²) in [5.41, 5.74) is -1.97. The van der Waals surface area contributed by atoms with Crippen molar-refractivity contribution in [2.45, 2.75) is 56.9 Å². The van der Waals surface area contributed by atoms with Crippen LogP contribution in [0.2, 0.25) is 0 Å². The predicted octanol–water partition coefficient (Wildman–Crippen LogP) is 3.87. The van der Waals surface area contributed by atoms with Crippen LogP contribution >= 0.6 is 0 Å². The molecule has 1 aliphatic rings. The number of hydrogen-bond acceptors (Lipinski definition) is 3. The molecule has 0 radical (unpaired) electrons. The van der Waals surface area contributed by atoms with E-state index in [9.17, 15) is 18.3 Å². The molecule has 1 fully saturated rings. The molecule has 0 spiro atoms. The summed E-state index contributed by atoms with van der Waals surface area (Å²) < 4.78 is 45.0. The molecule has 0 aliphatic heterocycles. The lowest BCUT2D eigenvalue weighted by atomic mass is 9.77. The Bertz CT molecular complexity index is 465. The van der Waals surface area contributed by atoms with Gasteiger partial charge < -0.3 is 9.84 Å². The lowest BCUT2D eigenvalue weighted by Crippen LogP contribution is -2.42. The highest BCUT2D eigenvalue weighted by Crippen LogP contribution is 2.44. The van der Waals surface area contributed by atoms with Gasteiger partial charge in [-0.2, -0.15) is 13.2 Å². The maximum absolute atomic E-state index is 13.1. The molecule has 1 saturated carbocycles.